The SMILES string of the molecule is CCc1nc(C)ccc1OCC1(CS(N)(=O)=O)CCCC1. The van der Waals surface area contributed by atoms with E-state index in [-0.39, 0.29) is 11.2 Å². The van der Waals surface area contributed by atoms with Crippen LogP contribution in [0.1, 0.15) is 44.0 Å². The largest absolute Gasteiger partial charge is 0.491 e. The Labute approximate surface area is 127 Å². The molecule has 1 aliphatic carbocycles. The van der Waals surface area contributed by atoms with Crippen LogP contribution in [0.3, 0.4) is 0 Å². The number of hydrogen-bond acceptors (Lipinski definition) is 4. The van der Waals surface area contributed by atoms with Gasteiger partial charge in [0, 0.05) is 11.1 Å². The highest BCUT2D eigenvalue weighted by Gasteiger charge is 2.38. The van der Waals surface area contributed by atoms with Crippen molar-refractivity contribution in [2.75, 3.05) is 12.4 Å². The Morgan fingerprint density at radius 1 is 1.33 bits per heavy atom. The fraction of sp³-hybridized carbons (Fsp3) is 0.667. The maximum Gasteiger partial charge on any atom is 0.209 e. The summed E-state index contributed by atoms with van der Waals surface area (Å²) in [6.07, 6.45) is 4.56. The number of aryl methyl sites for hydroxylation is 2. The van der Waals surface area contributed by atoms with Crippen molar-refractivity contribution >= 4 is 10.0 Å². The van der Waals surface area contributed by atoms with Crippen molar-refractivity contribution in [2.24, 2.45) is 10.6 Å². The highest BCUT2D eigenvalue weighted by atomic mass is 32.2. The average Bonchev–Trinajstić information content (AvgIpc) is 2.83. The molecular formula is C15H24N2O3S. The van der Waals surface area contributed by atoms with Gasteiger partial charge >= 0.3 is 0 Å². The van der Waals surface area contributed by atoms with Crippen LogP contribution in [-0.4, -0.2) is 25.8 Å². The number of hydrogen-bond donors (Lipinski definition) is 1. The second-order valence-electron chi connectivity index (χ2n) is 6.05. The highest BCUT2D eigenvalue weighted by Crippen LogP contribution is 2.39. The first kappa shape index (κ1) is 16.2. The minimum atomic E-state index is -3.49. The smallest absolute Gasteiger partial charge is 0.209 e. The molecule has 0 aliphatic heterocycles. The Balaban J connectivity index is 2.12. The van der Waals surface area contributed by atoms with E-state index in [0.29, 0.717) is 6.61 Å². The second kappa shape index (κ2) is 6.32. The van der Waals surface area contributed by atoms with Gasteiger partial charge in [-0.1, -0.05) is 19.8 Å². The number of nitrogens with zero attached hydrogens (tertiary/aromatic N) is 1. The van der Waals surface area contributed by atoms with E-state index < -0.39 is 10.0 Å². The van der Waals surface area contributed by atoms with Gasteiger partial charge in [0.25, 0.3) is 0 Å². The lowest BCUT2D eigenvalue weighted by molar-refractivity contribution is 0.169. The van der Waals surface area contributed by atoms with Gasteiger partial charge in [-0.25, -0.2) is 13.6 Å². The van der Waals surface area contributed by atoms with Crippen molar-refractivity contribution in [2.45, 2.75) is 46.0 Å². The van der Waals surface area contributed by atoms with E-state index in [9.17, 15) is 8.42 Å². The van der Waals surface area contributed by atoms with Gasteiger partial charge in [-0.15, -0.1) is 0 Å². The molecule has 1 aromatic heterocycles. The second-order valence-corrected chi connectivity index (χ2v) is 7.67. The van der Waals surface area contributed by atoms with E-state index in [1.807, 2.05) is 26.0 Å². The molecule has 5 nitrogen and oxygen atoms in total. The molecule has 1 aliphatic rings. The molecule has 1 heterocycles. The fourth-order valence-corrected chi connectivity index (χ4v) is 4.32. The van der Waals surface area contributed by atoms with E-state index in [1.165, 1.54) is 0 Å². The number of primary sulfonamides is 1. The third-order valence-electron chi connectivity index (χ3n) is 4.11. The Bertz CT molecular complexity index is 593. The molecule has 0 aromatic carbocycles. The van der Waals surface area contributed by atoms with Crippen molar-refractivity contribution in [1.29, 1.82) is 0 Å². The van der Waals surface area contributed by atoms with Gasteiger partial charge in [0.15, 0.2) is 0 Å². The van der Waals surface area contributed by atoms with Crippen LogP contribution in [0, 0.1) is 12.3 Å². The summed E-state index contributed by atoms with van der Waals surface area (Å²) in [6, 6.07) is 3.83. The number of rotatable bonds is 6. The zero-order valence-electron chi connectivity index (χ0n) is 12.8. The highest BCUT2D eigenvalue weighted by molar-refractivity contribution is 7.89. The summed E-state index contributed by atoms with van der Waals surface area (Å²) in [6.45, 7) is 4.37. The third-order valence-corrected chi connectivity index (χ3v) is 5.13. The molecule has 1 aromatic rings. The van der Waals surface area contributed by atoms with E-state index in [0.717, 1.165) is 49.2 Å². The van der Waals surface area contributed by atoms with Crippen molar-refractivity contribution in [3.63, 3.8) is 0 Å². The first-order valence-corrected chi connectivity index (χ1v) is 9.15. The summed E-state index contributed by atoms with van der Waals surface area (Å²) >= 11 is 0. The lowest BCUT2D eigenvalue weighted by atomic mass is 9.90. The maximum atomic E-state index is 11.5. The lowest BCUT2D eigenvalue weighted by Crippen LogP contribution is -2.36. The maximum absolute atomic E-state index is 11.5. The molecule has 2 N–H and O–H groups in total. The Morgan fingerprint density at radius 2 is 2.00 bits per heavy atom. The molecule has 0 radical (unpaired) electrons. The number of nitrogens with two attached hydrogens (primary N) is 1. The van der Waals surface area contributed by atoms with Crippen LogP contribution in [0.25, 0.3) is 0 Å². The minimum Gasteiger partial charge on any atom is -0.491 e. The molecular weight excluding hydrogens is 288 g/mol. The third kappa shape index (κ3) is 4.41. The summed E-state index contributed by atoms with van der Waals surface area (Å²) < 4.78 is 28.9. The summed E-state index contributed by atoms with van der Waals surface area (Å²) in [4.78, 5) is 4.47. The summed E-state index contributed by atoms with van der Waals surface area (Å²) in [5.74, 6) is 0.754. The van der Waals surface area contributed by atoms with Crippen LogP contribution in [-0.2, 0) is 16.4 Å². The number of ether oxygens (including phenoxy) is 1. The average molecular weight is 312 g/mol. The van der Waals surface area contributed by atoms with Crippen molar-refractivity contribution in [1.82, 2.24) is 4.98 Å². The number of aromatic nitrogens is 1. The normalized spacial score (nSPS) is 17.9. The van der Waals surface area contributed by atoms with Gasteiger partial charge in [-0.3, -0.25) is 4.98 Å². The molecule has 6 heteroatoms. The van der Waals surface area contributed by atoms with Gasteiger partial charge < -0.3 is 4.74 Å². The van der Waals surface area contributed by atoms with Crippen LogP contribution >= 0.6 is 0 Å². The van der Waals surface area contributed by atoms with Gasteiger partial charge in [-0.05, 0) is 38.3 Å². The van der Waals surface area contributed by atoms with E-state index in [1.54, 1.807) is 0 Å². The first-order valence-electron chi connectivity index (χ1n) is 7.43. The van der Waals surface area contributed by atoms with Gasteiger partial charge in [0.05, 0.1) is 18.1 Å². The molecule has 0 saturated heterocycles. The zero-order chi connectivity index (χ0) is 15.5. The Kier molecular flexibility index (Phi) is 4.88. The topological polar surface area (TPSA) is 82.3 Å². The van der Waals surface area contributed by atoms with Crippen molar-refractivity contribution in [3.05, 3.63) is 23.5 Å². The summed E-state index contributed by atoms with van der Waals surface area (Å²) in [7, 11) is -3.49. The standard InChI is InChI=1S/C15H24N2O3S/c1-3-13-14(7-6-12(2)17-13)20-10-15(8-4-5-9-15)11-21(16,18)19/h6-7H,3-5,8-11H2,1-2H3,(H2,16,18,19). The van der Waals surface area contributed by atoms with Crippen LogP contribution in [0.4, 0.5) is 0 Å². The predicted molar refractivity (Wildman–Crippen MR) is 82.7 cm³/mol. The zero-order valence-corrected chi connectivity index (χ0v) is 13.6. The van der Waals surface area contributed by atoms with Crippen LogP contribution in [0.2, 0.25) is 0 Å². The van der Waals surface area contributed by atoms with E-state index in [4.69, 9.17) is 9.88 Å². The molecule has 118 valence electrons. The molecule has 0 spiro atoms. The van der Waals surface area contributed by atoms with Gasteiger partial charge in [0.2, 0.25) is 10.0 Å². The first-order chi connectivity index (χ1) is 9.84. The number of pyridine rings is 1. The van der Waals surface area contributed by atoms with Gasteiger partial charge in [-0.2, -0.15) is 0 Å². The minimum absolute atomic E-state index is 0.000742. The molecule has 1 fully saturated rings. The molecule has 0 atom stereocenters. The monoisotopic (exact) mass is 312 g/mol. The van der Waals surface area contributed by atoms with Crippen LogP contribution in [0.15, 0.2) is 12.1 Å². The van der Waals surface area contributed by atoms with Gasteiger partial charge in [0.1, 0.15) is 5.75 Å². The Morgan fingerprint density at radius 3 is 2.57 bits per heavy atom. The fourth-order valence-electron chi connectivity index (χ4n) is 3.10. The van der Waals surface area contributed by atoms with E-state index >= 15 is 0 Å². The van der Waals surface area contributed by atoms with Crippen molar-refractivity contribution < 1.29 is 13.2 Å². The molecule has 2 rings (SSSR count). The molecule has 0 amide bonds. The van der Waals surface area contributed by atoms with Crippen LogP contribution in [0.5, 0.6) is 5.75 Å². The van der Waals surface area contributed by atoms with Crippen molar-refractivity contribution in [3.8, 4) is 5.75 Å². The molecule has 21 heavy (non-hydrogen) atoms. The summed E-state index contributed by atoms with van der Waals surface area (Å²) in [5.41, 5.74) is 1.53. The molecule has 0 bridgehead atoms. The van der Waals surface area contributed by atoms with E-state index in [2.05, 4.69) is 4.98 Å². The molecule has 1 saturated carbocycles. The quantitative estimate of drug-likeness (QED) is 0.873. The lowest BCUT2D eigenvalue weighted by Gasteiger charge is -2.28. The predicted octanol–water partition coefficient (Wildman–Crippen LogP) is 2.18. The molecule has 0 unspecified atom stereocenters. The van der Waals surface area contributed by atoms with Crippen LogP contribution < -0.4 is 9.88 Å². The Hall–Kier alpha value is -1.14. The number of sulfonamides is 1. The summed E-state index contributed by atoms with van der Waals surface area (Å²) in [5, 5.41) is 5.25.